The summed E-state index contributed by atoms with van der Waals surface area (Å²) in [6.45, 7) is 1.31. The van der Waals surface area contributed by atoms with Gasteiger partial charge in [0.05, 0.1) is 12.2 Å². The van der Waals surface area contributed by atoms with Gasteiger partial charge in [0, 0.05) is 25.6 Å². The standard InChI is InChI=1S/C8H13NO2/c9-4-1-7-2-5-11-6-3-8(7)10/h7-8,10H,1-3,5-6H2/t7-,8+/m0/s1. The zero-order chi connectivity index (χ0) is 8.10. The second-order valence-corrected chi connectivity index (χ2v) is 2.88. The number of nitrogens with zero attached hydrogens (tertiary/aromatic N) is 1. The fourth-order valence-corrected chi connectivity index (χ4v) is 1.32. The fraction of sp³-hybridized carbons (Fsp3) is 0.875. The molecule has 0 aromatic carbocycles. The van der Waals surface area contributed by atoms with Crippen molar-refractivity contribution < 1.29 is 9.84 Å². The van der Waals surface area contributed by atoms with Crippen molar-refractivity contribution in [2.45, 2.75) is 25.4 Å². The van der Waals surface area contributed by atoms with E-state index in [4.69, 9.17) is 10.00 Å². The summed E-state index contributed by atoms with van der Waals surface area (Å²) in [4.78, 5) is 0. The summed E-state index contributed by atoms with van der Waals surface area (Å²) in [5.41, 5.74) is 0. The van der Waals surface area contributed by atoms with E-state index in [0.717, 1.165) is 6.42 Å². The van der Waals surface area contributed by atoms with Crippen LogP contribution in [0, 0.1) is 17.2 Å². The number of aliphatic hydroxyl groups excluding tert-OH is 1. The summed E-state index contributed by atoms with van der Waals surface area (Å²) >= 11 is 0. The average molecular weight is 155 g/mol. The minimum Gasteiger partial charge on any atom is -0.393 e. The largest absolute Gasteiger partial charge is 0.393 e. The number of hydrogen-bond acceptors (Lipinski definition) is 3. The van der Waals surface area contributed by atoms with E-state index in [-0.39, 0.29) is 12.0 Å². The van der Waals surface area contributed by atoms with E-state index in [1.54, 1.807) is 0 Å². The maximum Gasteiger partial charge on any atom is 0.0625 e. The van der Waals surface area contributed by atoms with Crippen LogP contribution in [0.25, 0.3) is 0 Å². The van der Waals surface area contributed by atoms with E-state index in [9.17, 15) is 5.11 Å². The third-order valence-electron chi connectivity index (χ3n) is 2.09. The van der Waals surface area contributed by atoms with Crippen LogP contribution in [0.15, 0.2) is 0 Å². The summed E-state index contributed by atoms with van der Waals surface area (Å²) in [5.74, 6) is 0.127. The summed E-state index contributed by atoms with van der Waals surface area (Å²) in [5, 5.41) is 17.9. The zero-order valence-electron chi connectivity index (χ0n) is 6.49. The highest BCUT2D eigenvalue weighted by molar-refractivity contribution is 4.81. The van der Waals surface area contributed by atoms with E-state index in [1.165, 1.54) is 0 Å². The number of ether oxygens (including phenoxy) is 1. The predicted octanol–water partition coefficient (Wildman–Crippen LogP) is 0.688. The normalized spacial score (nSPS) is 32.4. The average Bonchev–Trinajstić information content (AvgIpc) is 2.18. The Hall–Kier alpha value is -0.590. The lowest BCUT2D eigenvalue weighted by Gasteiger charge is -2.15. The number of nitriles is 1. The Labute approximate surface area is 66.6 Å². The monoisotopic (exact) mass is 155 g/mol. The van der Waals surface area contributed by atoms with E-state index in [2.05, 4.69) is 6.07 Å². The Bertz CT molecular complexity index is 153. The first-order valence-corrected chi connectivity index (χ1v) is 3.97. The van der Waals surface area contributed by atoms with Crippen molar-refractivity contribution in [3.05, 3.63) is 0 Å². The van der Waals surface area contributed by atoms with Gasteiger partial charge in [0.2, 0.25) is 0 Å². The van der Waals surface area contributed by atoms with Crippen molar-refractivity contribution >= 4 is 0 Å². The molecule has 1 fully saturated rings. The molecule has 0 aromatic rings. The minimum absolute atomic E-state index is 0.127. The van der Waals surface area contributed by atoms with E-state index < -0.39 is 0 Å². The Morgan fingerprint density at radius 1 is 1.45 bits per heavy atom. The lowest BCUT2D eigenvalue weighted by atomic mass is 9.95. The minimum atomic E-state index is -0.336. The lowest BCUT2D eigenvalue weighted by Crippen LogP contribution is -2.19. The van der Waals surface area contributed by atoms with Crippen molar-refractivity contribution in [1.82, 2.24) is 0 Å². The first kappa shape index (κ1) is 8.51. The second-order valence-electron chi connectivity index (χ2n) is 2.88. The molecule has 1 aliphatic heterocycles. The summed E-state index contributed by atoms with van der Waals surface area (Å²) < 4.78 is 5.17. The van der Waals surface area contributed by atoms with Gasteiger partial charge in [-0.05, 0) is 12.8 Å². The van der Waals surface area contributed by atoms with Crippen molar-refractivity contribution in [1.29, 1.82) is 5.26 Å². The number of rotatable bonds is 1. The topological polar surface area (TPSA) is 53.2 Å². The maximum atomic E-state index is 9.45. The fourth-order valence-electron chi connectivity index (χ4n) is 1.32. The van der Waals surface area contributed by atoms with E-state index in [1.807, 2.05) is 0 Å². The van der Waals surface area contributed by atoms with Crippen LogP contribution in [0.4, 0.5) is 0 Å². The van der Waals surface area contributed by atoms with Gasteiger partial charge in [-0.2, -0.15) is 5.26 Å². The predicted molar refractivity (Wildman–Crippen MR) is 39.8 cm³/mol. The molecule has 1 N–H and O–H groups in total. The first-order valence-electron chi connectivity index (χ1n) is 3.97. The maximum absolute atomic E-state index is 9.45. The number of aliphatic hydroxyl groups is 1. The Morgan fingerprint density at radius 3 is 2.91 bits per heavy atom. The molecule has 1 aliphatic rings. The van der Waals surface area contributed by atoms with Gasteiger partial charge in [0.1, 0.15) is 0 Å². The Balaban J connectivity index is 2.40. The molecule has 0 radical (unpaired) electrons. The molecule has 1 heterocycles. The number of hydrogen-bond donors (Lipinski definition) is 1. The summed E-state index contributed by atoms with van der Waals surface area (Å²) in [7, 11) is 0. The molecule has 0 spiro atoms. The molecule has 62 valence electrons. The van der Waals surface area contributed by atoms with Crippen molar-refractivity contribution in [3.63, 3.8) is 0 Å². The van der Waals surface area contributed by atoms with Gasteiger partial charge in [-0.15, -0.1) is 0 Å². The van der Waals surface area contributed by atoms with Gasteiger partial charge >= 0.3 is 0 Å². The van der Waals surface area contributed by atoms with E-state index in [0.29, 0.717) is 26.1 Å². The van der Waals surface area contributed by atoms with Gasteiger partial charge in [0.25, 0.3) is 0 Å². The van der Waals surface area contributed by atoms with Crippen LogP contribution in [0.3, 0.4) is 0 Å². The highest BCUT2D eigenvalue weighted by Gasteiger charge is 2.21. The molecule has 3 heteroatoms. The molecule has 0 bridgehead atoms. The summed E-state index contributed by atoms with van der Waals surface area (Å²) in [6.07, 6.45) is 1.60. The van der Waals surface area contributed by atoms with Gasteiger partial charge in [0.15, 0.2) is 0 Å². The molecule has 0 amide bonds. The van der Waals surface area contributed by atoms with Crippen LogP contribution < -0.4 is 0 Å². The highest BCUT2D eigenvalue weighted by atomic mass is 16.5. The molecule has 0 unspecified atom stereocenters. The van der Waals surface area contributed by atoms with Crippen LogP contribution in [-0.2, 0) is 4.74 Å². The van der Waals surface area contributed by atoms with E-state index >= 15 is 0 Å². The molecule has 0 aliphatic carbocycles. The zero-order valence-corrected chi connectivity index (χ0v) is 6.49. The Kier molecular flexibility index (Phi) is 3.34. The first-order chi connectivity index (χ1) is 5.34. The van der Waals surface area contributed by atoms with Crippen LogP contribution in [0.5, 0.6) is 0 Å². The second kappa shape index (κ2) is 4.32. The molecular formula is C8H13NO2. The van der Waals surface area contributed by atoms with Crippen LogP contribution in [0.2, 0.25) is 0 Å². The van der Waals surface area contributed by atoms with Gasteiger partial charge < -0.3 is 9.84 Å². The van der Waals surface area contributed by atoms with Gasteiger partial charge in [-0.1, -0.05) is 0 Å². The molecule has 3 nitrogen and oxygen atoms in total. The van der Waals surface area contributed by atoms with Gasteiger partial charge in [-0.3, -0.25) is 0 Å². The molecule has 0 saturated carbocycles. The van der Waals surface area contributed by atoms with Crippen molar-refractivity contribution in [2.75, 3.05) is 13.2 Å². The van der Waals surface area contributed by atoms with Crippen LogP contribution in [0.1, 0.15) is 19.3 Å². The smallest absolute Gasteiger partial charge is 0.0625 e. The molecule has 1 saturated heterocycles. The molecule has 11 heavy (non-hydrogen) atoms. The molecular weight excluding hydrogens is 142 g/mol. The van der Waals surface area contributed by atoms with Crippen LogP contribution in [-0.4, -0.2) is 24.4 Å². The third-order valence-corrected chi connectivity index (χ3v) is 2.09. The summed E-state index contributed by atoms with van der Waals surface area (Å²) in [6, 6.07) is 2.08. The SMILES string of the molecule is N#CC[C@H]1CCOCC[C@H]1O. The molecule has 1 rings (SSSR count). The van der Waals surface area contributed by atoms with Crippen LogP contribution >= 0.6 is 0 Å². The molecule has 0 aromatic heterocycles. The lowest BCUT2D eigenvalue weighted by molar-refractivity contribution is 0.0981. The van der Waals surface area contributed by atoms with Crippen molar-refractivity contribution in [3.8, 4) is 6.07 Å². The van der Waals surface area contributed by atoms with Gasteiger partial charge in [-0.25, -0.2) is 0 Å². The van der Waals surface area contributed by atoms with Crippen molar-refractivity contribution in [2.24, 2.45) is 5.92 Å². The quantitative estimate of drug-likeness (QED) is 0.606. The third kappa shape index (κ3) is 2.49. The molecule has 2 atom stereocenters. The Morgan fingerprint density at radius 2 is 2.18 bits per heavy atom. The highest BCUT2D eigenvalue weighted by Crippen LogP contribution is 2.19.